The van der Waals surface area contributed by atoms with E-state index < -0.39 is 11.0 Å². The first-order chi connectivity index (χ1) is 17.2. The van der Waals surface area contributed by atoms with Gasteiger partial charge in [-0.05, 0) is 80.0 Å². The first-order valence-electron chi connectivity index (χ1n) is 13.5. The number of nitrogens with zero attached hydrogens (tertiary/aromatic N) is 1. The Bertz CT molecular complexity index is 1270. The molecule has 2 aromatic rings. The van der Waals surface area contributed by atoms with Gasteiger partial charge in [0.1, 0.15) is 5.56 Å². The molecule has 0 radical (unpaired) electrons. The average molecular weight is 508 g/mol. The number of amides is 1. The molecule has 3 N–H and O–H groups in total. The number of fused-ring (bicyclic) bond motifs is 4. The summed E-state index contributed by atoms with van der Waals surface area (Å²) in [6.07, 6.45) is 7.83. The van der Waals surface area contributed by atoms with Crippen LogP contribution in [0, 0.1) is 18.8 Å². The summed E-state index contributed by atoms with van der Waals surface area (Å²) in [7, 11) is 2.09. The number of rotatable bonds is 4. The number of aromatic nitrogens is 1. The van der Waals surface area contributed by atoms with Gasteiger partial charge in [0.15, 0.2) is 0 Å². The van der Waals surface area contributed by atoms with Gasteiger partial charge in [-0.3, -0.25) is 14.5 Å². The molecule has 1 unspecified atom stereocenters. The summed E-state index contributed by atoms with van der Waals surface area (Å²) in [6.45, 7) is 3.69. The lowest BCUT2D eigenvalue weighted by Gasteiger charge is -2.53. The van der Waals surface area contributed by atoms with Crippen molar-refractivity contribution in [2.24, 2.45) is 11.8 Å². The summed E-state index contributed by atoms with van der Waals surface area (Å²) >= 11 is 4.62. The second kappa shape index (κ2) is 8.74. The predicted molar refractivity (Wildman–Crippen MR) is 143 cm³/mol. The van der Waals surface area contributed by atoms with Gasteiger partial charge < -0.3 is 15.4 Å². The molecule has 1 aromatic heterocycles. The molecule has 4 atom stereocenters. The van der Waals surface area contributed by atoms with E-state index in [1.807, 2.05) is 6.07 Å². The number of aryl methyl sites for hydroxylation is 1. The molecular formula is C29H37N3O3S. The molecule has 4 aliphatic rings. The highest BCUT2D eigenvalue weighted by Crippen LogP contribution is 2.61. The standard InChI is InChI=1S/C29H37N3O3S/c1-17-8-9-21(36)11-23(17)28-12-20-16-32(2)25(20)29(28,35)13-19-10-22(27(34)31-24(19)14-28)26(33)30-15-18-6-4-3-5-7-18/h8-11,18,20,25,35-36H,3-7,12-16H2,1-2H3,(H,30,33)(H,31,34)/t20?,25-,28-,29-/m1/s1. The minimum atomic E-state index is -0.988. The molecule has 36 heavy (non-hydrogen) atoms. The normalized spacial score (nSPS) is 31.8. The fraction of sp³-hybridized carbons (Fsp3) is 0.586. The van der Waals surface area contributed by atoms with Crippen molar-refractivity contribution in [3.05, 3.63) is 62.6 Å². The van der Waals surface area contributed by atoms with E-state index in [1.165, 1.54) is 19.3 Å². The molecule has 2 saturated carbocycles. The van der Waals surface area contributed by atoms with Crippen molar-refractivity contribution in [1.82, 2.24) is 15.2 Å². The first kappa shape index (κ1) is 24.3. The monoisotopic (exact) mass is 507 g/mol. The lowest BCUT2D eigenvalue weighted by atomic mass is 9.59. The van der Waals surface area contributed by atoms with Crippen LogP contribution in [0.5, 0.6) is 0 Å². The Labute approximate surface area is 218 Å². The highest BCUT2D eigenvalue weighted by atomic mass is 32.1. The van der Waals surface area contributed by atoms with Gasteiger partial charge in [0.2, 0.25) is 0 Å². The maximum Gasteiger partial charge on any atom is 0.261 e. The second-order valence-electron chi connectivity index (χ2n) is 11.9. The number of likely N-dealkylation sites (N-methyl/N-ethyl adjacent to an activating group) is 1. The van der Waals surface area contributed by atoms with Crippen LogP contribution in [0.4, 0.5) is 0 Å². The van der Waals surface area contributed by atoms with Crippen LogP contribution in [-0.4, -0.2) is 52.7 Å². The summed E-state index contributed by atoms with van der Waals surface area (Å²) in [6, 6.07) is 7.98. The van der Waals surface area contributed by atoms with Gasteiger partial charge in [0.25, 0.3) is 11.5 Å². The minimum Gasteiger partial charge on any atom is -0.387 e. The Hall–Kier alpha value is -2.09. The van der Waals surface area contributed by atoms with Crippen molar-refractivity contribution in [3.63, 3.8) is 0 Å². The number of likely N-dealkylation sites (tertiary alicyclic amines) is 1. The predicted octanol–water partition coefficient (Wildman–Crippen LogP) is 3.38. The van der Waals surface area contributed by atoms with Gasteiger partial charge in [-0.15, -0.1) is 12.6 Å². The van der Waals surface area contributed by atoms with Crippen molar-refractivity contribution in [2.75, 3.05) is 20.1 Å². The highest BCUT2D eigenvalue weighted by Gasteiger charge is 2.69. The highest BCUT2D eigenvalue weighted by molar-refractivity contribution is 7.80. The molecular weight excluding hydrogens is 470 g/mol. The lowest BCUT2D eigenvalue weighted by Crippen LogP contribution is -2.67. The maximum absolute atomic E-state index is 13.1. The molecule has 2 heterocycles. The third-order valence-corrected chi connectivity index (χ3v) is 10.1. The molecule has 1 amide bonds. The van der Waals surface area contributed by atoms with Crippen molar-refractivity contribution >= 4 is 18.5 Å². The first-order valence-corrected chi connectivity index (χ1v) is 13.9. The van der Waals surface area contributed by atoms with Crippen molar-refractivity contribution < 1.29 is 9.90 Å². The molecule has 6 rings (SSSR count). The summed E-state index contributed by atoms with van der Waals surface area (Å²) < 4.78 is 0. The minimum absolute atomic E-state index is 0.0594. The van der Waals surface area contributed by atoms with Gasteiger partial charge in [0.05, 0.1) is 5.60 Å². The third kappa shape index (κ3) is 3.61. The van der Waals surface area contributed by atoms with E-state index in [-0.39, 0.29) is 23.1 Å². The van der Waals surface area contributed by atoms with Crippen LogP contribution in [0.1, 0.15) is 71.3 Å². The zero-order valence-corrected chi connectivity index (χ0v) is 22.2. The SMILES string of the molecule is Cc1ccc(S)cc1[C@@]12Cc3[nH]c(=O)c(C(=O)NCC4CCCCC4)cc3C[C@@]1(O)[C@H]1C(CN1C)C2. The largest absolute Gasteiger partial charge is 0.387 e. The number of hydrogen-bond acceptors (Lipinski definition) is 5. The Morgan fingerprint density at radius 3 is 2.75 bits per heavy atom. The zero-order valence-electron chi connectivity index (χ0n) is 21.3. The summed E-state index contributed by atoms with van der Waals surface area (Å²) in [5.74, 6) is 0.593. The van der Waals surface area contributed by atoms with E-state index in [1.54, 1.807) is 6.07 Å². The number of aromatic amines is 1. The van der Waals surface area contributed by atoms with Gasteiger partial charge in [-0.25, -0.2) is 0 Å². The van der Waals surface area contributed by atoms with E-state index in [4.69, 9.17) is 0 Å². The molecule has 3 fully saturated rings. The van der Waals surface area contributed by atoms with Gasteiger partial charge in [-0.1, -0.05) is 25.3 Å². The quantitative estimate of drug-likeness (QED) is 0.478. The summed E-state index contributed by atoms with van der Waals surface area (Å²) in [5.41, 5.74) is 2.33. The number of benzene rings is 1. The van der Waals surface area contributed by atoms with E-state index in [2.05, 4.69) is 53.9 Å². The maximum atomic E-state index is 13.1. The van der Waals surface area contributed by atoms with Crippen LogP contribution in [0.2, 0.25) is 0 Å². The second-order valence-corrected chi connectivity index (χ2v) is 12.5. The smallest absolute Gasteiger partial charge is 0.261 e. The van der Waals surface area contributed by atoms with Crippen LogP contribution in [0.3, 0.4) is 0 Å². The van der Waals surface area contributed by atoms with Crippen molar-refractivity contribution in [2.45, 2.75) is 80.2 Å². The van der Waals surface area contributed by atoms with Crippen LogP contribution in [0.25, 0.3) is 0 Å². The molecule has 1 saturated heterocycles. The number of carbonyl (C=O) groups excluding carboxylic acids is 1. The lowest BCUT2D eigenvalue weighted by molar-refractivity contribution is -0.108. The van der Waals surface area contributed by atoms with E-state index in [0.29, 0.717) is 31.2 Å². The Balaban J connectivity index is 1.37. The zero-order chi connectivity index (χ0) is 25.2. The van der Waals surface area contributed by atoms with Crippen LogP contribution in [-0.2, 0) is 18.3 Å². The fourth-order valence-electron chi connectivity index (χ4n) is 8.12. The Morgan fingerprint density at radius 2 is 2.00 bits per heavy atom. The topological polar surface area (TPSA) is 85.4 Å². The van der Waals surface area contributed by atoms with E-state index in [0.717, 1.165) is 53.1 Å². The van der Waals surface area contributed by atoms with Crippen LogP contribution < -0.4 is 10.9 Å². The number of thiol groups is 1. The number of H-pyrrole nitrogens is 1. The Morgan fingerprint density at radius 1 is 1.22 bits per heavy atom. The van der Waals surface area contributed by atoms with Crippen molar-refractivity contribution in [3.8, 4) is 0 Å². The van der Waals surface area contributed by atoms with Crippen molar-refractivity contribution in [1.29, 1.82) is 0 Å². The number of hydrogen-bond donors (Lipinski definition) is 4. The molecule has 192 valence electrons. The van der Waals surface area contributed by atoms with Crippen LogP contribution >= 0.6 is 12.6 Å². The number of nitrogens with one attached hydrogen (secondary N) is 2. The van der Waals surface area contributed by atoms with Gasteiger partial charge >= 0.3 is 0 Å². The molecule has 0 spiro atoms. The molecule has 0 bridgehead atoms. The number of pyridine rings is 1. The molecule has 7 heteroatoms. The molecule has 1 aliphatic heterocycles. The summed E-state index contributed by atoms with van der Waals surface area (Å²) in [4.78, 5) is 32.4. The number of aliphatic hydroxyl groups is 1. The average Bonchev–Trinajstić information content (AvgIpc) is 3.05. The summed E-state index contributed by atoms with van der Waals surface area (Å²) in [5, 5.41) is 15.6. The van der Waals surface area contributed by atoms with E-state index in [9.17, 15) is 14.7 Å². The third-order valence-electron chi connectivity index (χ3n) is 9.78. The fourth-order valence-corrected chi connectivity index (χ4v) is 8.32. The molecule has 3 aliphatic carbocycles. The molecule has 1 aromatic carbocycles. The Kier molecular flexibility index (Phi) is 5.89. The van der Waals surface area contributed by atoms with Gasteiger partial charge in [-0.2, -0.15) is 0 Å². The van der Waals surface area contributed by atoms with Crippen LogP contribution in [0.15, 0.2) is 34.0 Å². The number of carbonyl (C=O) groups is 1. The van der Waals surface area contributed by atoms with Gasteiger partial charge in [0, 0.05) is 48.0 Å². The van der Waals surface area contributed by atoms with E-state index >= 15 is 0 Å². The molecule has 6 nitrogen and oxygen atoms in total.